The van der Waals surface area contributed by atoms with Crippen molar-refractivity contribution in [1.29, 1.82) is 0 Å². The van der Waals surface area contributed by atoms with Gasteiger partial charge in [0.05, 0.1) is 5.69 Å². The third-order valence-corrected chi connectivity index (χ3v) is 5.03. The zero-order valence-corrected chi connectivity index (χ0v) is 16.3. The number of nitrogens with zero attached hydrogens (tertiary/aromatic N) is 1. The van der Waals surface area contributed by atoms with Gasteiger partial charge in [-0.2, -0.15) is 0 Å². The first-order chi connectivity index (χ1) is 12.7. The summed E-state index contributed by atoms with van der Waals surface area (Å²) < 4.78 is 0. The average Bonchev–Trinajstić information content (AvgIpc) is 2.66. The molecule has 2 aromatic carbocycles. The normalized spacial score (nSPS) is 10.9. The molecular formula is C25H29N. The summed E-state index contributed by atoms with van der Waals surface area (Å²) in [6, 6.07) is 19.5. The minimum Gasteiger partial charge on any atom is -0.256 e. The number of benzene rings is 2. The molecule has 26 heavy (non-hydrogen) atoms. The van der Waals surface area contributed by atoms with Gasteiger partial charge in [-0.25, -0.2) is 0 Å². The fourth-order valence-electron chi connectivity index (χ4n) is 3.76. The zero-order chi connectivity index (χ0) is 18.4. The van der Waals surface area contributed by atoms with E-state index in [1.54, 1.807) is 0 Å². The zero-order valence-electron chi connectivity index (χ0n) is 16.3. The first-order valence-corrected chi connectivity index (χ1v) is 9.81. The summed E-state index contributed by atoms with van der Waals surface area (Å²) in [4.78, 5) is 4.57. The van der Waals surface area contributed by atoms with Crippen molar-refractivity contribution in [1.82, 2.24) is 4.98 Å². The van der Waals surface area contributed by atoms with E-state index >= 15 is 0 Å². The van der Waals surface area contributed by atoms with Crippen LogP contribution in [-0.2, 0) is 6.42 Å². The van der Waals surface area contributed by atoms with Crippen LogP contribution in [0, 0.1) is 13.8 Å². The summed E-state index contributed by atoms with van der Waals surface area (Å²) in [5.74, 6) is 0. The Balaban J connectivity index is 1.87. The molecule has 0 spiro atoms. The smallest absolute Gasteiger partial charge is 0.0708 e. The van der Waals surface area contributed by atoms with E-state index in [1.165, 1.54) is 59.9 Å². The number of rotatable bonds is 7. The van der Waals surface area contributed by atoms with Crippen molar-refractivity contribution < 1.29 is 0 Å². The topological polar surface area (TPSA) is 12.9 Å². The van der Waals surface area contributed by atoms with E-state index < -0.39 is 0 Å². The molecule has 0 bridgehead atoms. The maximum atomic E-state index is 4.57. The Morgan fingerprint density at radius 2 is 1.50 bits per heavy atom. The molecule has 1 heteroatoms. The minimum atomic E-state index is 1.03. The second-order valence-corrected chi connectivity index (χ2v) is 7.21. The van der Waals surface area contributed by atoms with Gasteiger partial charge in [0, 0.05) is 11.8 Å². The van der Waals surface area contributed by atoms with Gasteiger partial charge in [0.15, 0.2) is 0 Å². The van der Waals surface area contributed by atoms with Crippen LogP contribution in [0.25, 0.3) is 22.4 Å². The Morgan fingerprint density at radius 3 is 2.19 bits per heavy atom. The number of aromatic nitrogens is 1. The second kappa shape index (κ2) is 8.80. The Hall–Kier alpha value is -2.41. The molecule has 0 aliphatic rings. The van der Waals surface area contributed by atoms with E-state index in [4.69, 9.17) is 0 Å². The van der Waals surface area contributed by atoms with Crippen LogP contribution in [0.2, 0.25) is 0 Å². The quantitative estimate of drug-likeness (QED) is 0.415. The highest BCUT2D eigenvalue weighted by molar-refractivity contribution is 5.75. The molecule has 0 atom stereocenters. The lowest BCUT2D eigenvalue weighted by molar-refractivity contribution is 0.666. The van der Waals surface area contributed by atoms with Crippen LogP contribution in [0.5, 0.6) is 0 Å². The van der Waals surface area contributed by atoms with Crippen molar-refractivity contribution >= 4 is 0 Å². The molecule has 0 fully saturated rings. The lowest BCUT2D eigenvalue weighted by Crippen LogP contribution is -1.95. The van der Waals surface area contributed by atoms with Gasteiger partial charge in [0.2, 0.25) is 0 Å². The van der Waals surface area contributed by atoms with Crippen molar-refractivity contribution in [3.8, 4) is 22.4 Å². The molecule has 0 aliphatic heterocycles. The summed E-state index contributed by atoms with van der Waals surface area (Å²) >= 11 is 0. The second-order valence-electron chi connectivity index (χ2n) is 7.21. The number of aryl methyl sites for hydroxylation is 3. The fraction of sp³-hybridized carbons (Fsp3) is 0.320. The van der Waals surface area contributed by atoms with Crippen molar-refractivity contribution in [2.45, 2.75) is 52.9 Å². The lowest BCUT2D eigenvalue weighted by Gasteiger charge is -2.14. The molecule has 134 valence electrons. The molecule has 1 heterocycles. The molecule has 0 radical (unpaired) electrons. The third kappa shape index (κ3) is 4.40. The Bertz CT molecular complexity index is 826. The number of hydrogen-bond acceptors (Lipinski definition) is 1. The van der Waals surface area contributed by atoms with Gasteiger partial charge < -0.3 is 0 Å². The maximum Gasteiger partial charge on any atom is 0.0708 e. The first kappa shape index (κ1) is 18.4. The maximum absolute atomic E-state index is 4.57. The monoisotopic (exact) mass is 343 g/mol. The Morgan fingerprint density at radius 1 is 0.769 bits per heavy atom. The average molecular weight is 344 g/mol. The molecule has 1 nitrogen and oxygen atoms in total. The van der Waals surface area contributed by atoms with Crippen LogP contribution in [0.3, 0.4) is 0 Å². The molecule has 3 rings (SSSR count). The molecule has 0 N–H and O–H groups in total. The molecule has 0 saturated carbocycles. The van der Waals surface area contributed by atoms with Crippen LogP contribution in [0.4, 0.5) is 0 Å². The van der Waals surface area contributed by atoms with Crippen molar-refractivity contribution in [3.63, 3.8) is 0 Å². The van der Waals surface area contributed by atoms with E-state index in [2.05, 4.69) is 74.3 Å². The Labute approximate surface area is 158 Å². The fourth-order valence-corrected chi connectivity index (χ4v) is 3.76. The highest BCUT2D eigenvalue weighted by Crippen LogP contribution is 2.31. The largest absolute Gasteiger partial charge is 0.256 e. The molecular weight excluding hydrogens is 314 g/mol. The number of pyridine rings is 1. The SMILES string of the molecule is CCCCCCc1cc(C)c(-c2ccnc(-c3ccccc3)c2)c(C)c1. The lowest BCUT2D eigenvalue weighted by atomic mass is 9.92. The summed E-state index contributed by atoms with van der Waals surface area (Å²) in [5, 5.41) is 0. The van der Waals surface area contributed by atoms with Crippen LogP contribution in [-0.4, -0.2) is 4.98 Å². The van der Waals surface area contributed by atoms with E-state index in [-0.39, 0.29) is 0 Å². The standard InChI is InChI=1S/C25H29N/c1-4-5-6-8-11-21-16-19(2)25(20(3)17-21)23-14-15-26-24(18-23)22-12-9-7-10-13-22/h7,9-10,12-18H,4-6,8,11H2,1-3H3. The van der Waals surface area contributed by atoms with Gasteiger partial charge >= 0.3 is 0 Å². The Kier molecular flexibility index (Phi) is 6.22. The minimum absolute atomic E-state index is 1.03. The number of hydrogen-bond donors (Lipinski definition) is 0. The van der Waals surface area contributed by atoms with E-state index in [0.29, 0.717) is 0 Å². The van der Waals surface area contributed by atoms with Crippen molar-refractivity contribution in [2.75, 3.05) is 0 Å². The summed E-state index contributed by atoms with van der Waals surface area (Å²) in [6.07, 6.45) is 8.38. The molecule has 0 amide bonds. The predicted octanol–water partition coefficient (Wildman–Crippen LogP) is 7.16. The van der Waals surface area contributed by atoms with E-state index in [0.717, 1.165) is 11.3 Å². The molecule has 0 aliphatic carbocycles. The highest BCUT2D eigenvalue weighted by atomic mass is 14.7. The van der Waals surface area contributed by atoms with Gasteiger partial charge in [0.25, 0.3) is 0 Å². The van der Waals surface area contributed by atoms with Crippen LogP contribution < -0.4 is 0 Å². The third-order valence-electron chi connectivity index (χ3n) is 5.03. The summed E-state index contributed by atoms with van der Waals surface area (Å²) in [6.45, 7) is 6.74. The van der Waals surface area contributed by atoms with Crippen LogP contribution in [0.1, 0.15) is 49.3 Å². The van der Waals surface area contributed by atoms with Crippen LogP contribution >= 0.6 is 0 Å². The van der Waals surface area contributed by atoms with Gasteiger partial charge in [-0.15, -0.1) is 0 Å². The van der Waals surface area contributed by atoms with E-state index in [9.17, 15) is 0 Å². The molecule has 0 saturated heterocycles. The van der Waals surface area contributed by atoms with Crippen molar-refractivity contribution in [2.24, 2.45) is 0 Å². The van der Waals surface area contributed by atoms with Gasteiger partial charge in [-0.3, -0.25) is 4.98 Å². The van der Waals surface area contributed by atoms with Gasteiger partial charge in [-0.05, 0) is 66.6 Å². The molecule has 0 unspecified atom stereocenters. The van der Waals surface area contributed by atoms with Gasteiger partial charge in [0.1, 0.15) is 0 Å². The molecule has 1 aromatic heterocycles. The summed E-state index contributed by atoms with van der Waals surface area (Å²) in [5.41, 5.74) is 9.00. The highest BCUT2D eigenvalue weighted by Gasteiger charge is 2.09. The van der Waals surface area contributed by atoms with Crippen LogP contribution in [0.15, 0.2) is 60.8 Å². The van der Waals surface area contributed by atoms with Gasteiger partial charge in [-0.1, -0.05) is 68.7 Å². The molecule has 3 aromatic rings. The summed E-state index contributed by atoms with van der Waals surface area (Å²) in [7, 11) is 0. The first-order valence-electron chi connectivity index (χ1n) is 9.81. The van der Waals surface area contributed by atoms with Crippen molar-refractivity contribution in [3.05, 3.63) is 77.5 Å². The predicted molar refractivity (Wildman–Crippen MR) is 112 cm³/mol. The number of unbranched alkanes of at least 4 members (excludes halogenated alkanes) is 3. The van der Waals surface area contributed by atoms with E-state index in [1.807, 2.05) is 12.3 Å².